The Morgan fingerprint density at radius 2 is 1.79 bits per heavy atom. The fourth-order valence-corrected chi connectivity index (χ4v) is 5.98. The maximum absolute atomic E-state index is 12.9. The second kappa shape index (κ2) is 8.00. The van der Waals surface area contributed by atoms with Gasteiger partial charge in [-0.25, -0.2) is 0 Å². The third kappa shape index (κ3) is 3.84. The molecule has 2 aliphatic carbocycles. The summed E-state index contributed by atoms with van der Waals surface area (Å²) in [5.41, 5.74) is 3.25. The topological polar surface area (TPSA) is 51.2 Å². The summed E-state index contributed by atoms with van der Waals surface area (Å²) in [5.74, 6) is 0.100. The van der Waals surface area contributed by atoms with Crippen molar-refractivity contribution in [3.63, 3.8) is 0 Å². The maximum Gasteiger partial charge on any atom is 0.245 e. The minimum atomic E-state index is -0.668. The van der Waals surface area contributed by atoms with E-state index in [1.165, 1.54) is 11.6 Å². The number of aryl methyl sites for hydroxylation is 1. The first-order valence-corrected chi connectivity index (χ1v) is 11.1. The van der Waals surface area contributed by atoms with E-state index in [1.807, 2.05) is 13.0 Å². The smallest absolute Gasteiger partial charge is 0.245 e. The second-order valence-corrected chi connectivity index (χ2v) is 10.0. The number of carbonyl (C=O) groups is 3. The SMILES string of the molecule is CC(C)c1cc2c(cc1C(=O)C=CC(=O)Cl)C1(C)CCCC(C)(C(=O)Cl)C1CC2. The molecular weight excluding hydrogens is 407 g/mol. The zero-order valence-electron chi connectivity index (χ0n) is 17.5. The van der Waals surface area contributed by atoms with Crippen molar-refractivity contribution < 1.29 is 14.4 Å². The molecule has 0 N–H and O–H groups in total. The normalized spacial score (nSPS) is 28.9. The number of benzene rings is 1. The van der Waals surface area contributed by atoms with E-state index in [-0.39, 0.29) is 28.3 Å². The molecule has 3 rings (SSSR count). The second-order valence-electron chi connectivity index (χ2n) is 9.31. The standard InChI is InChI=1S/C24H28Cl2O3/c1-14(2)16-12-15-6-8-20-23(3,10-5-11-24(20,4)22(26)29)18(15)13-17(16)19(27)7-9-21(25)28/h7,9,12-14,20H,5-6,8,10-11H2,1-4H3. The van der Waals surface area contributed by atoms with Gasteiger partial charge in [-0.3, -0.25) is 14.4 Å². The number of ketones is 1. The molecular formula is C24H28Cl2O3. The van der Waals surface area contributed by atoms with Gasteiger partial charge in [-0.15, -0.1) is 0 Å². The van der Waals surface area contributed by atoms with Crippen LogP contribution < -0.4 is 0 Å². The van der Waals surface area contributed by atoms with Crippen LogP contribution in [0.1, 0.15) is 86.3 Å². The van der Waals surface area contributed by atoms with Crippen LogP contribution >= 0.6 is 23.2 Å². The van der Waals surface area contributed by atoms with Crippen LogP contribution in [0.25, 0.3) is 0 Å². The lowest BCUT2D eigenvalue weighted by Gasteiger charge is -2.54. The van der Waals surface area contributed by atoms with Crippen molar-refractivity contribution in [3.05, 3.63) is 46.5 Å². The lowest BCUT2D eigenvalue weighted by molar-refractivity contribution is -0.127. The first-order valence-electron chi connectivity index (χ1n) is 10.3. The lowest BCUT2D eigenvalue weighted by atomic mass is 9.50. The van der Waals surface area contributed by atoms with Gasteiger partial charge in [0.25, 0.3) is 0 Å². The van der Waals surface area contributed by atoms with Crippen LogP contribution in [0.4, 0.5) is 0 Å². The molecule has 3 nitrogen and oxygen atoms in total. The van der Waals surface area contributed by atoms with Crippen molar-refractivity contribution in [2.45, 2.75) is 71.1 Å². The van der Waals surface area contributed by atoms with E-state index < -0.39 is 10.7 Å². The summed E-state index contributed by atoms with van der Waals surface area (Å²) in [4.78, 5) is 36.3. The van der Waals surface area contributed by atoms with Crippen LogP contribution in [-0.4, -0.2) is 16.3 Å². The van der Waals surface area contributed by atoms with E-state index in [1.54, 1.807) is 0 Å². The summed E-state index contributed by atoms with van der Waals surface area (Å²) in [6, 6.07) is 4.16. The number of carbonyl (C=O) groups excluding carboxylic acids is 3. The number of halogens is 2. The van der Waals surface area contributed by atoms with Crippen molar-refractivity contribution in [1.82, 2.24) is 0 Å². The van der Waals surface area contributed by atoms with Crippen molar-refractivity contribution in [1.29, 1.82) is 0 Å². The van der Waals surface area contributed by atoms with Gasteiger partial charge in [0.2, 0.25) is 10.5 Å². The Balaban J connectivity index is 2.16. The van der Waals surface area contributed by atoms with Gasteiger partial charge in [-0.2, -0.15) is 0 Å². The number of allylic oxidation sites excluding steroid dienone is 2. The molecule has 0 radical (unpaired) electrons. The highest BCUT2D eigenvalue weighted by Crippen LogP contribution is 2.58. The van der Waals surface area contributed by atoms with E-state index in [4.69, 9.17) is 23.2 Å². The average Bonchev–Trinajstić information content (AvgIpc) is 2.64. The van der Waals surface area contributed by atoms with Gasteiger partial charge in [0.1, 0.15) is 0 Å². The minimum absolute atomic E-state index is 0.147. The molecule has 29 heavy (non-hydrogen) atoms. The zero-order chi connectivity index (χ0) is 21.6. The lowest BCUT2D eigenvalue weighted by Crippen LogP contribution is -2.51. The molecule has 0 heterocycles. The third-order valence-electron chi connectivity index (χ3n) is 7.23. The molecule has 156 valence electrons. The Labute approximate surface area is 182 Å². The largest absolute Gasteiger partial charge is 0.289 e. The first-order chi connectivity index (χ1) is 13.5. The van der Waals surface area contributed by atoms with Crippen LogP contribution in [0.15, 0.2) is 24.3 Å². The Kier molecular flexibility index (Phi) is 6.13. The number of rotatable bonds is 5. The molecule has 0 saturated heterocycles. The first kappa shape index (κ1) is 22.2. The maximum atomic E-state index is 12.9. The molecule has 0 amide bonds. The van der Waals surface area contributed by atoms with Gasteiger partial charge in [-0.1, -0.05) is 40.2 Å². The summed E-state index contributed by atoms with van der Waals surface area (Å²) in [6.45, 7) is 8.34. The minimum Gasteiger partial charge on any atom is -0.289 e. The quantitative estimate of drug-likeness (QED) is 0.320. The molecule has 0 aliphatic heterocycles. The van der Waals surface area contributed by atoms with E-state index in [0.29, 0.717) is 5.56 Å². The van der Waals surface area contributed by atoms with Crippen molar-refractivity contribution in [3.8, 4) is 0 Å². The summed E-state index contributed by atoms with van der Waals surface area (Å²) in [6.07, 6.45) is 6.85. The van der Waals surface area contributed by atoms with Crippen molar-refractivity contribution >= 4 is 39.5 Å². The molecule has 2 aliphatic rings. The molecule has 3 unspecified atom stereocenters. The predicted octanol–water partition coefficient (Wildman–Crippen LogP) is 6.09. The van der Waals surface area contributed by atoms with Crippen molar-refractivity contribution in [2.75, 3.05) is 0 Å². The highest BCUT2D eigenvalue weighted by atomic mass is 35.5. The fourth-order valence-electron chi connectivity index (χ4n) is 5.69. The zero-order valence-corrected chi connectivity index (χ0v) is 19.0. The van der Waals surface area contributed by atoms with Crippen LogP contribution in [0.2, 0.25) is 0 Å². The molecule has 0 bridgehead atoms. The summed E-state index contributed by atoms with van der Waals surface area (Å²) in [5, 5.41) is -0.923. The van der Waals surface area contributed by atoms with Crippen LogP contribution in [0.3, 0.4) is 0 Å². The summed E-state index contributed by atoms with van der Waals surface area (Å²) >= 11 is 11.5. The molecule has 0 spiro atoms. The van der Waals surface area contributed by atoms with E-state index in [9.17, 15) is 14.4 Å². The molecule has 0 aromatic heterocycles. The monoisotopic (exact) mass is 434 g/mol. The highest BCUT2D eigenvalue weighted by molar-refractivity contribution is 6.66. The van der Waals surface area contributed by atoms with Gasteiger partial charge in [0, 0.05) is 17.1 Å². The van der Waals surface area contributed by atoms with Crippen molar-refractivity contribution in [2.24, 2.45) is 11.3 Å². The average molecular weight is 435 g/mol. The van der Waals surface area contributed by atoms with Crippen LogP contribution in [0.5, 0.6) is 0 Å². The number of hydrogen-bond donors (Lipinski definition) is 0. The molecule has 1 fully saturated rings. The molecule has 1 saturated carbocycles. The molecule has 1 aromatic carbocycles. The third-order valence-corrected chi connectivity index (χ3v) is 7.78. The highest BCUT2D eigenvalue weighted by Gasteiger charge is 2.54. The van der Waals surface area contributed by atoms with E-state index in [0.717, 1.165) is 49.3 Å². The Morgan fingerprint density at radius 3 is 2.38 bits per heavy atom. The Hall–Kier alpha value is -1.45. The summed E-state index contributed by atoms with van der Waals surface area (Å²) in [7, 11) is 0. The number of hydrogen-bond acceptors (Lipinski definition) is 3. The van der Waals surface area contributed by atoms with Gasteiger partial charge in [0.05, 0.1) is 0 Å². The van der Waals surface area contributed by atoms with E-state index >= 15 is 0 Å². The van der Waals surface area contributed by atoms with Crippen LogP contribution in [0, 0.1) is 11.3 Å². The Morgan fingerprint density at radius 1 is 1.10 bits per heavy atom. The van der Waals surface area contributed by atoms with Gasteiger partial charge < -0.3 is 0 Å². The molecule has 5 heteroatoms. The van der Waals surface area contributed by atoms with E-state index in [2.05, 4.69) is 26.8 Å². The number of fused-ring (bicyclic) bond motifs is 3. The Bertz CT molecular complexity index is 902. The van der Waals surface area contributed by atoms with Crippen LogP contribution in [-0.2, 0) is 21.4 Å². The predicted molar refractivity (Wildman–Crippen MR) is 117 cm³/mol. The fraction of sp³-hybridized carbons (Fsp3) is 0.542. The van der Waals surface area contributed by atoms with Gasteiger partial charge >= 0.3 is 0 Å². The molecule has 3 atom stereocenters. The van der Waals surface area contributed by atoms with Gasteiger partial charge in [-0.05, 0) is 95.0 Å². The molecule has 1 aromatic rings. The summed E-state index contributed by atoms with van der Waals surface area (Å²) < 4.78 is 0. The van der Waals surface area contributed by atoms with Gasteiger partial charge in [0.15, 0.2) is 5.78 Å².